The van der Waals surface area contributed by atoms with Gasteiger partial charge in [0.2, 0.25) is 0 Å². The number of piperazine rings is 1. The number of rotatable bonds is 7. The molecule has 2 aromatic carbocycles. The number of amides is 1. The lowest BCUT2D eigenvalue weighted by molar-refractivity contribution is -0.117. The zero-order valence-electron chi connectivity index (χ0n) is 17.8. The lowest BCUT2D eigenvalue weighted by atomic mass is 10.1. The molecule has 0 aliphatic carbocycles. The minimum atomic E-state index is -0.0796. The van der Waals surface area contributed by atoms with Crippen molar-refractivity contribution in [2.24, 2.45) is 0 Å². The van der Waals surface area contributed by atoms with E-state index in [9.17, 15) is 4.79 Å². The molecule has 0 bridgehead atoms. The fourth-order valence-corrected chi connectivity index (χ4v) is 4.71. The average Bonchev–Trinajstić information content (AvgIpc) is 2.79. The molecule has 1 fully saturated rings. The summed E-state index contributed by atoms with van der Waals surface area (Å²) in [6.45, 7) is 5.83. The number of fused-ring (bicyclic) bond motifs is 1. The van der Waals surface area contributed by atoms with E-state index in [1.54, 1.807) is 12.1 Å². The number of halogens is 3. The Hall–Kier alpha value is -1.92. The Kier molecular flexibility index (Phi) is 7.84. The van der Waals surface area contributed by atoms with E-state index in [0.717, 1.165) is 62.6 Å². The summed E-state index contributed by atoms with van der Waals surface area (Å²) in [6.07, 6.45) is 3.83. The molecule has 0 atom stereocenters. The van der Waals surface area contributed by atoms with Gasteiger partial charge in [0.15, 0.2) is 0 Å². The van der Waals surface area contributed by atoms with Gasteiger partial charge in [0.1, 0.15) is 12.4 Å². The largest absolute Gasteiger partial charge is 0.488 e. The molecule has 4 rings (SSSR count). The number of anilines is 1. The van der Waals surface area contributed by atoms with Gasteiger partial charge in [-0.25, -0.2) is 0 Å². The first-order chi connectivity index (χ1) is 15.5. The monoisotopic (exact) mass is 493 g/mol. The van der Waals surface area contributed by atoms with E-state index in [1.165, 1.54) is 0 Å². The zero-order chi connectivity index (χ0) is 22.5. The Morgan fingerprint density at radius 3 is 2.50 bits per heavy atom. The van der Waals surface area contributed by atoms with E-state index in [0.29, 0.717) is 27.2 Å². The molecule has 0 saturated carbocycles. The highest BCUT2D eigenvalue weighted by atomic mass is 35.5. The Bertz CT molecular complexity index is 1000. The van der Waals surface area contributed by atoms with Crippen molar-refractivity contribution in [2.75, 3.05) is 50.8 Å². The Morgan fingerprint density at radius 2 is 1.72 bits per heavy atom. The van der Waals surface area contributed by atoms with Gasteiger partial charge in [0.05, 0.1) is 16.3 Å². The molecule has 1 amide bonds. The van der Waals surface area contributed by atoms with Gasteiger partial charge in [-0.05, 0) is 61.9 Å². The summed E-state index contributed by atoms with van der Waals surface area (Å²) in [6, 6.07) is 11.1. The minimum Gasteiger partial charge on any atom is -0.488 e. The maximum absolute atomic E-state index is 12.4. The van der Waals surface area contributed by atoms with Gasteiger partial charge in [-0.2, -0.15) is 0 Å². The predicted octanol–water partition coefficient (Wildman–Crippen LogP) is 5.14. The third-order valence-electron chi connectivity index (χ3n) is 5.79. The normalized spacial score (nSPS) is 16.2. The van der Waals surface area contributed by atoms with Gasteiger partial charge < -0.3 is 15.0 Å². The molecule has 0 aromatic heterocycles. The van der Waals surface area contributed by atoms with Gasteiger partial charge in [-0.15, -0.1) is 0 Å². The van der Waals surface area contributed by atoms with Crippen LogP contribution < -0.4 is 15.0 Å². The van der Waals surface area contributed by atoms with Crippen LogP contribution in [0.1, 0.15) is 18.4 Å². The van der Waals surface area contributed by atoms with Gasteiger partial charge in [0, 0.05) is 48.3 Å². The van der Waals surface area contributed by atoms with Gasteiger partial charge in [-0.1, -0.05) is 34.8 Å². The molecule has 0 spiro atoms. The summed E-state index contributed by atoms with van der Waals surface area (Å²) in [4.78, 5) is 17.2. The van der Waals surface area contributed by atoms with E-state index >= 15 is 0 Å². The number of carbonyl (C=O) groups excluding carboxylic acids is 1. The molecular formula is C24H26Cl3N3O2. The van der Waals surface area contributed by atoms with Gasteiger partial charge in [-0.3, -0.25) is 9.69 Å². The standard InChI is InChI=1S/C24H26Cl3N3O2/c25-19-4-6-23-17(14-19)13-18(16-32-23)24(31)28-7-1-2-8-29-9-11-30(12-10-29)22-5-3-20(26)15-21(22)27/h3-6,13-15H,1-2,7-12,16H2,(H,28,31). The van der Waals surface area contributed by atoms with Crippen LogP contribution in [0.2, 0.25) is 15.1 Å². The number of nitrogens with zero attached hydrogens (tertiary/aromatic N) is 2. The van der Waals surface area contributed by atoms with Crippen molar-refractivity contribution in [1.29, 1.82) is 0 Å². The summed E-state index contributed by atoms with van der Waals surface area (Å²) in [5, 5.41) is 4.99. The predicted molar refractivity (Wildman–Crippen MR) is 132 cm³/mol. The maximum atomic E-state index is 12.4. The second-order valence-electron chi connectivity index (χ2n) is 8.03. The van der Waals surface area contributed by atoms with Crippen LogP contribution in [-0.4, -0.2) is 56.7 Å². The second-order valence-corrected chi connectivity index (χ2v) is 9.31. The zero-order valence-corrected chi connectivity index (χ0v) is 20.0. The van der Waals surface area contributed by atoms with Crippen LogP contribution in [0.15, 0.2) is 42.0 Å². The smallest absolute Gasteiger partial charge is 0.250 e. The van der Waals surface area contributed by atoms with Crippen LogP contribution in [0.3, 0.4) is 0 Å². The van der Waals surface area contributed by atoms with Crippen molar-refractivity contribution >= 4 is 52.5 Å². The average molecular weight is 495 g/mol. The summed E-state index contributed by atoms with van der Waals surface area (Å²) < 4.78 is 5.66. The second kappa shape index (κ2) is 10.8. The minimum absolute atomic E-state index is 0.0796. The molecule has 8 heteroatoms. The third kappa shape index (κ3) is 5.90. The Labute approximate surface area is 203 Å². The summed E-state index contributed by atoms with van der Waals surface area (Å²) in [5.74, 6) is 0.675. The van der Waals surface area contributed by atoms with Crippen molar-refractivity contribution < 1.29 is 9.53 Å². The van der Waals surface area contributed by atoms with E-state index in [1.807, 2.05) is 30.3 Å². The summed E-state index contributed by atoms with van der Waals surface area (Å²) >= 11 is 18.4. The molecule has 32 heavy (non-hydrogen) atoms. The molecule has 0 unspecified atom stereocenters. The molecule has 2 aromatic rings. The Balaban J connectivity index is 1.15. The quantitative estimate of drug-likeness (QED) is 0.541. The van der Waals surface area contributed by atoms with Crippen LogP contribution in [0.25, 0.3) is 6.08 Å². The number of carbonyl (C=O) groups is 1. The summed E-state index contributed by atoms with van der Waals surface area (Å²) in [7, 11) is 0. The van der Waals surface area contributed by atoms with E-state index in [-0.39, 0.29) is 12.5 Å². The molecule has 2 heterocycles. The summed E-state index contributed by atoms with van der Waals surface area (Å²) in [5.41, 5.74) is 2.51. The topological polar surface area (TPSA) is 44.8 Å². The maximum Gasteiger partial charge on any atom is 0.250 e. The number of unbranched alkanes of at least 4 members (excludes halogenated alkanes) is 1. The molecule has 1 N–H and O–H groups in total. The fourth-order valence-electron chi connectivity index (χ4n) is 4.01. The van der Waals surface area contributed by atoms with Crippen LogP contribution in [0, 0.1) is 0 Å². The molecule has 0 radical (unpaired) electrons. The highest BCUT2D eigenvalue weighted by Crippen LogP contribution is 2.30. The van der Waals surface area contributed by atoms with Gasteiger partial charge in [0.25, 0.3) is 5.91 Å². The van der Waals surface area contributed by atoms with Gasteiger partial charge >= 0.3 is 0 Å². The third-order valence-corrected chi connectivity index (χ3v) is 6.56. The van der Waals surface area contributed by atoms with E-state index in [4.69, 9.17) is 39.5 Å². The number of hydrogen-bond acceptors (Lipinski definition) is 4. The lowest BCUT2D eigenvalue weighted by Gasteiger charge is -2.36. The first kappa shape index (κ1) is 23.2. The van der Waals surface area contributed by atoms with Crippen LogP contribution >= 0.6 is 34.8 Å². The number of nitrogens with one attached hydrogen (secondary N) is 1. The molecule has 2 aliphatic rings. The van der Waals surface area contributed by atoms with Crippen LogP contribution in [0.5, 0.6) is 5.75 Å². The van der Waals surface area contributed by atoms with E-state index < -0.39 is 0 Å². The van der Waals surface area contributed by atoms with Crippen molar-refractivity contribution in [3.05, 3.63) is 62.6 Å². The molecule has 1 saturated heterocycles. The highest BCUT2D eigenvalue weighted by Gasteiger charge is 2.19. The van der Waals surface area contributed by atoms with Crippen molar-refractivity contribution in [3.8, 4) is 5.75 Å². The van der Waals surface area contributed by atoms with Crippen molar-refractivity contribution in [3.63, 3.8) is 0 Å². The van der Waals surface area contributed by atoms with Crippen molar-refractivity contribution in [1.82, 2.24) is 10.2 Å². The SMILES string of the molecule is O=C(NCCCCN1CCN(c2ccc(Cl)cc2Cl)CC1)C1=Cc2cc(Cl)ccc2OC1. The molecule has 5 nitrogen and oxygen atoms in total. The van der Waals surface area contributed by atoms with Crippen LogP contribution in [-0.2, 0) is 4.79 Å². The highest BCUT2D eigenvalue weighted by molar-refractivity contribution is 6.36. The Morgan fingerprint density at radius 1 is 0.969 bits per heavy atom. The fraction of sp³-hybridized carbons (Fsp3) is 0.375. The number of hydrogen-bond donors (Lipinski definition) is 1. The lowest BCUT2D eigenvalue weighted by Crippen LogP contribution is -2.46. The van der Waals surface area contributed by atoms with Crippen LogP contribution in [0.4, 0.5) is 5.69 Å². The molecular weight excluding hydrogens is 469 g/mol. The first-order valence-corrected chi connectivity index (χ1v) is 12.0. The first-order valence-electron chi connectivity index (χ1n) is 10.8. The number of ether oxygens (including phenoxy) is 1. The number of benzene rings is 2. The molecule has 170 valence electrons. The molecule has 2 aliphatic heterocycles. The van der Waals surface area contributed by atoms with Crippen molar-refractivity contribution in [2.45, 2.75) is 12.8 Å². The van der Waals surface area contributed by atoms with E-state index in [2.05, 4.69) is 15.1 Å².